The summed E-state index contributed by atoms with van der Waals surface area (Å²) in [6, 6.07) is 1.86. The Hall–Kier alpha value is -1.71. The monoisotopic (exact) mass is 181 g/mol. The molecule has 0 unspecified atom stereocenters. The van der Waals surface area contributed by atoms with Crippen LogP contribution in [0.3, 0.4) is 0 Å². The van der Waals surface area contributed by atoms with Crippen molar-refractivity contribution >= 4 is 5.97 Å². The summed E-state index contributed by atoms with van der Waals surface area (Å²) in [5.41, 5.74) is 1.05. The number of nitrogens with one attached hydrogen (secondary N) is 1. The Labute approximate surface area is 75.9 Å². The second-order valence-corrected chi connectivity index (χ2v) is 2.58. The summed E-state index contributed by atoms with van der Waals surface area (Å²) in [6.45, 7) is 2.43. The third-order valence-electron chi connectivity index (χ3n) is 1.57. The van der Waals surface area contributed by atoms with Crippen LogP contribution < -0.4 is 5.32 Å². The van der Waals surface area contributed by atoms with Gasteiger partial charge in [0.1, 0.15) is 5.76 Å². The van der Waals surface area contributed by atoms with E-state index in [1.165, 1.54) is 6.20 Å². The molecule has 0 saturated heterocycles. The maximum atomic E-state index is 10.1. The Morgan fingerprint density at radius 2 is 2.54 bits per heavy atom. The average Bonchev–Trinajstić information content (AvgIpc) is 2.45. The molecule has 13 heavy (non-hydrogen) atoms. The topological polar surface area (TPSA) is 62.5 Å². The van der Waals surface area contributed by atoms with E-state index in [1.54, 1.807) is 6.26 Å². The predicted octanol–water partition coefficient (Wildman–Crippen LogP) is 1.28. The highest BCUT2D eigenvalue weighted by Crippen LogP contribution is 2.07. The molecule has 0 aliphatic carbocycles. The van der Waals surface area contributed by atoms with Crippen LogP contribution in [0, 0.1) is 6.92 Å². The molecule has 0 aliphatic heterocycles. The molecule has 1 aromatic heterocycles. The van der Waals surface area contributed by atoms with Gasteiger partial charge < -0.3 is 14.8 Å². The summed E-state index contributed by atoms with van der Waals surface area (Å²) < 4.78 is 5.13. The van der Waals surface area contributed by atoms with Gasteiger partial charge in [-0.2, -0.15) is 0 Å². The van der Waals surface area contributed by atoms with Gasteiger partial charge in [-0.1, -0.05) is 0 Å². The lowest BCUT2D eigenvalue weighted by molar-refractivity contribution is -0.131. The minimum atomic E-state index is -0.969. The molecule has 70 valence electrons. The van der Waals surface area contributed by atoms with Crippen LogP contribution >= 0.6 is 0 Å². The van der Waals surface area contributed by atoms with Crippen LogP contribution in [-0.4, -0.2) is 11.1 Å². The van der Waals surface area contributed by atoms with Crippen LogP contribution in [0.1, 0.15) is 11.3 Å². The number of hydrogen-bond donors (Lipinski definition) is 2. The zero-order valence-corrected chi connectivity index (χ0v) is 7.28. The number of furan rings is 1. The Bertz CT molecular complexity index is 314. The molecule has 1 aromatic rings. The van der Waals surface area contributed by atoms with Crippen molar-refractivity contribution in [2.45, 2.75) is 13.5 Å². The molecule has 0 saturated carbocycles. The highest BCUT2D eigenvalue weighted by atomic mass is 16.4. The Morgan fingerprint density at radius 1 is 1.77 bits per heavy atom. The molecule has 0 fully saturated rings. The normalized spacial score (nSPS) is 10.5. The van der Waals surface area contributed by atoms with Gasteiger partial charge in [-0.3, -0.25) is 0 Å². The van der Waals surface area contributed by atoms with Crippen molar-refractivity contribution in [3.05, 3.63) is 35.9 Å². The molecule has 0 aliphatic rings. The van der Waals surface area contributed by atoms with E-state index in [0.29, 0.717) is 6.54 Å². The van der Waals surface area contributed by atoms with E-state index in [1.807, 2.05) is 13.0 Å². The van der Waals surface area contributed by atoms with Crippen LogP contribution in [0.25, 0.3) is 0 Å². The summed E-state index contributed by atoms with van der Waals surface area (Å²) in [4.78, 5) is 10.1. The summed E-state index contributed by atoms with van der Waals surface area (Å²) in [6.07, 6.45) is 4.02. The molecule has 0 radical (unpaired) electrons. The van der Waals surface area contributed by atoms with E-state index in [9.17, 15) is 4.79 Å². The van der Waals surface area contributed by atoms with Gasteiger partial charge in [0.2, 0.25) is 0 Å². The molecular formula is C9H11NO3. The molecule has 1 heterocycles. The number of hydrogen-bond acceptors (Lipinski definition) is 3. The van der Waals surface area contributed by atoms with Gasteiger partial charge in [0.25, 0.3) is 0 Å². The molecule has 2 N–H and O–H groups in total. The second kappa shape index (κ2) is 4.35. The predicted molar refractivity (Wildman–Crippen MR) is 47.1 cm³/mol. The first kappa shape index (κ1) is 9.38. The number of rotatable bonds is 4. The van der Waals surface area contributed by atoms with Crippen molar-refractivity contribution < 1.29 is 14.3 Å². The molecule has 0 bridgehead atoms. The number of carbonyl (C=O) groups is 1. The Morgan fingerprint density at radius 3 is 3.08 bits per heavy atom. The summed E-state index contributed by atoms with van der Waals surface area (Å²) >= 11 is 0. The molecule has 0 amide bonds. The fourth-order valence-corrected chi connectivity index (χ4v) is 0.867. The lowest BCUT2D eigenvalue weighted by Gasteiger charge is -1.97. The van der Waals surface area contributed by atoms with Crippen molar-refractivity contribution in [1.82, 2.24) is 5.32 Å². The minimum Gasteiger partial charge on any atom is -0.478 e. The first-order valence-electron chi connectivity index (χ1n) is 3.86. The maximum Gasteiger partial charge on any atom is 0.329 e. The molecule has 4 nitrogen and oxygen atoms in total. The standard InChI is InChI=1S/C9H11NO3/c1-7-3-5-13-8(7)6-10-4-2-9(11)12/h2-5,10H,6H2,1H3,(H,11,12)/b4-2+. The van der Waals surface area contributed by atoms with E-state index in [0.717, 1.165) is 17.4 Å². The summed E-state index contributed by atoms with van der Waals surface area (Å²) in [5, 5.41) is 11.1. The van der Waals surface area contributed by atoms with Crippen molar-refractivity contribution in [3.63, 3.8) is 0 Å². The second-order valence-electron chi connectivity index (χ2n) is 2.58. The molecule has 0 atom stereocenters. The Kier molecular flexibility index (Phi) is 3.14. The number of aliphatic carboxylic acids is 1. The number of carboxylic acids is 1. The average molecular weight is 181 g/mol. The molecule has 0 aromatic carbocycles. The van der Waals surface area contributed by atoms with Crippen LogP contribution in [0.15, 0.2) is 29.0 Å². The van der Waals surface area contributed by atoms with E-state index >= 15 is 0 Å². The van der Waals surface area contributed by atoms with Gasteiger partial charge >= 0.3 is 5.97 Å². The molecule has 4 heteroatoms. The van der Waals surface area contributed by atoms with Crippen LogP contribution in [0.5, 0.6) is 0 Å². The lowest BCUT2D eigenvalue weighted by atomic mass is 10.3. The highest BCUT2D eigenvalue weighted by Gasteiger charge is 1.98. The molecule has 1 rings (SSSR count). The minimum absolute atomic E-state index is 0.503. The van der Waals surface area contributed by atoms with Crippen LogP contribution in [0.4, 0.5) is 0 Å². The highest BCUT2D eigenvalue weighted by molar-refractivity contribution is 5.79. The van der Waals surface area contributed by atoms with Gasteiger partial charge in [-0.15, -0.1) is 0 Å². The lowest BCUT2D eigenvalue weighted by Crippen LogP contribution is -2.05. The summed E-state index contributed by atoms with van der Waals surface area (Å²) in [7, 11) is 0. The zero-order chi connectivity index (χ0) is 9.68. The maximum absolute atomic E-state index is 10.1. The summed E-state index contributed by atoms with van der Waals surface area (Å²) in [5.74, 6) is -0.154. The molecular weight excluding hydrogens is 170 g/mol. The van der Waals surface area contributed by atoms with E-state index in [-0.39, 0.29) is 0 Å². The SMILES string of the molecule is Cc1ccoc1CN/C=C/C(=O)O. The third kappa shape index (κ3) is 3.02. The Balaban J connectivity index is 2.36. The van der Waals surface area contributed by atoms with Gasteiger partial charge in [0.15, 0.2) is 0 Å². The fourth-order valence-electron chi connectivity index (χ4n) is 0.867. The number of carboxylic acid groups (broad SMARTS) is 1. The molecule has 0 spiro atoms. The van der Waals surface area contributed by atoms with E-state index in [4.69, 9.17) is 9.52 Å². The smallest absolute Gasteiger partial charge is 0.329 e. The van der Waals surface area contributed by atoms with Crippen LogP contribution in [-0.2, 0) is 11.3 Å². The van der Waals surface area contributed by atoms with Crippen molar-refractivity contribution in [3.8, 4) is 0 Å². The van der Waals surface area contributed by atoms with E-state index in [2.05, 4.69) is 5.32 Å². The van der Waals surface area contributed by atoms with Gasteiger partial charge in [0.05, 0.1) is 12.8 Å². The largest absolute Gasteiger partial charge is 0.478 e. The quantitative estimate of drug-likeness (QED) is 0.687. The zero-order valence-electron chi connectivity index (χ0n) is 7.28. The first-order valence-corrected chi connectivity index (χ1v) is 3.86. The van der Waals surface area contributed by atoms with Gasteiger partial charge in [0, 0.05) is 12.3 Å². The third-order valence-corrected chi connectivity index (χ3v) is 1.57. The van der Waals surface area contributed by atoms with Crippen molar-refractivity contribution in [2.24, 2.45) is 0 Å². The number of aryl methyl sites for hydroxylation is 1. The first-order chi connectivity index (χ1) is 6.20. The van der Waals surface area contributed by atoms with Crippen molar-refractivity contribution in [2.75, 3.05) is 0 Å². The van der Waals surface area contributed by atoms with Crippen LogP contribution in [0.2, 0.25) is 0 Å². The van der Waals surface area contributed by atoms with Crippen molar-refractivity contribution in [1.29, 1.82) is 0 Å². The van der Waals surface area contributed by atoms with Gasteiger partial charge in [-0.25, -0.2) is 4.79 Å². The fraction of sp³-hybridized carbons (Fsp3) is 0.222. The van der Waals surface area contributed by atoms with Gasteiger partial charge in [-0.05, 0) is 18.6 Å². The van der Waals surface area contributed by atoms with E-state index < -0.39 is 5.97 Å².